The molecule has 0 radical (unpaired) electrons. The highest BCUT2D eigenvalue weighted by Crippen LogP contribution is 1.97. The van der Waals surface area contributed by atoms with Gasteiger partial charge in [0.05, 0.1) is 26.4 Å². The molecule has 0 bridgehead atoms. The number of carbonyl (C=O) groups excluding carboxylic acids is 2. The summed E-state index contributed by atoms with van der Waals surface area (Å²) in [5.74, 6) is -1.26. The smallest absolute Gasteiger partial charge is 0.333 e. The number of hydrogen-bond donors (Lipinski definition) is 1. The minimum atomic E-state index is -0.981. The predicted molar refractivity (Wildman–Crippen MR) is 112 cm³/mol. The molecular weight excluding hydrogens is 380 g/mol. The van der Waals surface area contributed by atoms with Gasteiger partial charge < -0.3 is 24.1 Å². The molecule has 0 amide bonds. The first-order valence-corrected chi connectivity index (χ1v) is 9.15. The van der Waals surface area contributed by atoms with E-state index in [2.05, 4.69) is 19.7 Å². The Kier molecular flexibility index (Phi) is 23.5. The number of carbonyl (C=O) groups is 3. The number of carboxylic acids is 1. The van der Waals surface area contributed by atoms with Crippen LogP contribution in [0.4, 0.5) is 0 Å². The van der Waals surface area contributed by atoms with Crippen LogP contribution in [0.15, 0.2) is 37.0 Å². The molecule has 0 unspecified atom stereocenters. The zero-order valence-electron chi connectivity index (χ0n) is 18.3. The Hall–Kier alpha value is -2.45. The molecule has 0 aromatic heterocycles. The Labute approximate surface area is 174 Å². The standard InChI is InChI=1S/C10H18O4.C8H14O2.C3H4O2/c1-4-12-5-6-13-7-8-14-10(11)9(2)3;1-6(2)5-10-8(9)7(3)4;1-2-3(4)5/h2,4-8H2,1,3H3;6H,3,5H2,1-2,4H3;2H,1H2,(H,4,5). The number of carboxylic acid groups (broad SMARTS) is 1. The number of esters is 2. The Morgan fingerprint density at radius 1 is 0.897 bits per heavy atom. The van der Waals surface area contributed by atoms with Gasteiger partial charge in [-0.05, 0) is 26.7 Å². The van der Waals surface area contributed by atoms with Crippen molar-refractivity contribution in [1.82, 2.24) is 0 Å². The van der Waals surface area contributed by atoms with E-state index in [0.717, 1.165) is 6.08 Å². The molecule has 0 atom stereocenters. The van der Waals surface area contributed by atoms with E-state index in [1.165, 1.54) is 0 Å². The van der Waals surface area contributed by atoms with Gasteiger partial charge >= 0.3 is 17.9 Å². The lowest BCUT2D eigenvalue weighted by atomic mass is 10.2. The van der Waals surface area contributed by atoms with E-state index in [4.69, 9.17) is 24.1 Å². The summed E-state index contributed by atoms with van der Waals surface area (Å²) in [7, 11) is 0. The zero-order valence-corrected chi connectivity index (χ0v) is 18.3. The fourth-order valence-corrected chi connectivity index (χ4v) is 1.05. The van der Waals surface area contributed by atoms with E-state index >= 15 is 0 Å². The maximum atomic E-state index is 10.9. The normalized spacial score (nSPS) is 9.17. The summed E-state index contributed by atoms with van der Waals surface area (Å²) in [4.78, 5) is 30.9. The minimum Gasteiger partial charge on any atom is -0.478 e. The lowest BCUT2D eigenvalue weighted by molar-refractivity contribution is -0.141. The van der Waals surface area contributed by atoms with Crippen molar-refractivity contribution < 1.29 is 38.4 Å². The summed E-state index contributed by atoms with van der Waals surface area (Å²) in [5, 5.41) is 7.60. The van der Waals surface area contributed by atoms with E-state index in [0.29, 0.717) is 50.1 Å². The molecule has 8 nitrogen and oxygen atoms in total. The highest BCUT2D eigenvalue weighted by Gasteiger charge is 2.03. The van der Waals surface area contributed by atoms with Gasteiger partial charge in [0.1, 0.15) is 6.61 Å². The fraction of sp³-hybridized carbons (Fsp3) is 0.571. The molecule has 0 saturated heterocycles. The van der Waals surface area contributed by atoms with E-state index in [-0.39, 0.29) is 18.5 Å². The van der Waals surface area contributed by atoms with Crippen LogP contribution in [0, 0.1) is 5.92 Å². The molecule has 0 aliphatic heterocycles. The van der Waals surface area contributed by atoms with E-state index in [9.17, 15) is 14.4 Å². The summed E-state index contributed by atoms with van der Waals surface area (Å²) in [6, 6.07) is 0. The molecule has 0 aliphatic rings. The fourth-order valence-electron chi connectivity index (χ4n) is 1.05. The maximum Gasteiger partial charge on any atom is 0.333 e. The van der Waals surface area contributed by atoms with Crippen LogP contribution in [0.3, 0.4) is 0 Å². The largest absolute Gasteiger partial charge is 0.478 e. The van der Waals surface area contributed by atoms with Crippen molar-refractivity contribution in [2.24, 2.45) is 5.92 Å². The van der Waals surface area contributed by atoms with Crippen LogP contribution in [-0.2, 0) is 33.3 Å². The summed E-state index contributed by atoms with van der Waals surface area (Å²) >= 11 is 0. The predicted octanol–water partition coefficient (Wildman–Crippen LogP) is 3.18. The molecular formula is C21H36O8. The quantitative estimate of drug-likeness (QED) is 0.294. The lowest BCUT2D eigenvalue weighted by Crippen LogP contribution is -2.13. The number of ether oxygens (including phenoxy) is 4. The van der Waals surface area contributed by atoms with Crippen molar-refractivity contribution in [3.8, 4) is 0 Å². The Morgan fingerprint density at radius 3 is 1.69 bits per heavy atom. The summed E-state index contributed by atoms with van der Waals surface area (Å²) in [6.45, 7) is 22.0. The van der Waals surface area contributed by atoms with Crippen LogP contribution >= 0.6 is 0 Å². The molecule has 0 rings (SSSR count). The second-order valence-electron chi connectivity index (χ2n) is 6.04. The molecule has 168 valence electrons. The van der Waals surface area contributed by atoms with Crippen molar-refractivity contribution in [1.29, 1.82) is 0 Å². The van der Waals surface area contributed by atoms with Gasteiger partial charge in [-0.1, -0.05) is 33.6 Å². The van der Waals surface area contributed by atoms with Crippen LogP contribution in [0.25, 0.3) is 0 Å². The van der Waals surface area contributed by atoms with Crippen molar-refractivity contribution in [2.75, 3.05) is 39.6 Å². The SMILES string of the molecule is C=C(C)C(=O)OCC(C)C.C=C(C)C(=O)OCCOCCOCC.C=CC(=O)O. The van der Waals surface area contributed by atoms with Gasteiger partial charge in [-0.3, -0.25) is 0 Å². The van der Waals surface area contributed by atoms with Crippen LogP contribution in [-0.4, -0.2) is 62.7 Å². The molecule has 8 heteroatoms. The van der Waals surface area contributed by atoms with Gasteiger partial charge in [0.25, 0.3) is 0 Å². The Bertz CT molecular complexity index is 509. The van der Waals surface area contributed by atoms with Crippen LogP contribution < -0.4 is 0 Å². The molecule has 0 aromatic rings. The second-order valence-corrected chi connectivity index (χ2v) is 6.04. The van der Waals surface area contributed by atoms with Crippen LogP contribution in [0.2, 0.25) is 0 Å². The van der Waals surface area contributed by atoms with Gasteiger partial charge in [0, 0.05) is 23.8 Å². The molecule has 29 heavy (non-hydrogen) atoms. The minimum absolute atomic E-state index is 0.262. The first-order chi connectivity index (χ1) is 13.5. The third-order valence-corrected chi connectivity index (χ3v) is 2.46. The second kappa shape index (κ2) is 21.8. The average Bonchev–Trinajstić information content (AvgIpc) is 2.65. The number of hydrogen-bond acceptors (Lipinski definition) is 7. The van der Waals surface area contributed by atoms with Gasteiger partial charge in [0.15, 0.2) is 0 Å². The topological polar surface area (TPSA) is 108 Å². The summed E-state index contributed by atoms with van der Waals surface area (Å²) in [6.07, 6.45) is 0.833. The monoisotopic (exact) mass is 416 g/mol. The van der Waals surface area contributed by atoms with E-state index in [1.807, 2.05) is 20.8 Å². The zero-order chi connectivity index (χ0) is 23.2. The molecule has 0 heterocycles. The van der Waals surface area contributed by atoms with Gasteiger partial charge in [-0.2, -0.15) is 0 Å². The van der Waals surface area contributed by atoms with Crippen molar-refractivity contribution >= 4 is 17.9 Å². The highest BCUT2D eigenvalue weighted by atomic mass is 16.6. The van der Waals surface area contributed by atoms with Crippen molar-refractivity contribution in [3.05, 3.63) is 37.0 Å². The van der Waals surface area contributed by atoms with Crippen LogP contribution in [0.1, 0.15) is 34.6 Å². The third-order valence-electron chi connectivity index (χ3n) is 2.46. The van der Waals surface area contributed by atoms with Crippen LogP contribution in [0.5, 0.6) is 0 Å². The van der Waals surface area contributed by atoms with Gasteiger partial charge in [0.2, 0.25) is 0 Å². The highest BCUT2D eigenvalue weighted by molar-refractivity contribution is 5.87. The van der Waals surface area contributed by atoms with E-state index in [1.54, 1.807) is 13.8 Å². The molecule has 0 aromatic carbocycles. The average molecular weight is 417 g/mol. The van der Waals surface area contributed by atoms with E-state index < -0.39 is 5.97 Å². The Balaban J connectivity index is -0.000000392. The van der Waals surface area contributed by atoms with Gasteiger partial charge in [-0.15, -0.1) is 0 Å². The molecule has 0 aliphatic carbocycles. The molecule has 0 saturated carbocycles. The molecule has 0 spiro atoms. The van der Waals surface area contributed by atoms with Crippen molar-refractivity contribution in [3.63, 3.8) is 0 Å². The molecule has 1 N–H and O–H groups in total. The third kappa shape index (κ3) is 30.5. The number of aliphatic carboxylic acids is 1. The first-order valence-electron chi connectivity index (χ1n) is 9.15. The number of rotatable bonds is 12. The van der Waals surface area contributed by atoms with Crippen molar-refractivity contribution in [2.45, 2.75) is 34.6 Å². The molecule has 0 fully saturated rings. The lowest BCUT2D eigenvalue weighted by Gasteiger charge is -2.05. The Morgan fingerprint density at radius 2 is 1.31 bits per heavy atom. The summed E-state index contributed by atoms with van der Waals surface area (Å²) < 4.78 is 19.8. The first kappa shape index (κ1) is 31.3. The van der Waals surface area contributed by atoms with Gasteiger partial charge in [-0.25, -0.2) is 14.4 Å². The maximum absolute atomic E-state index is 10.9. The summed E-state index contributed by atoms with van der Waals surface area (Å²) in [5.41, 5.74) is 0.861.